The van der Waals surface area contributed by atoms with Crippen LogP contribution in [-0.4, -0.2) is 189 Å². The molecule has 0 aliphatic carbocycles. The minimum absolute atomic E-state index is 0. The van der Waals surface area contributed by atoms with E-state index in [1.807, 2.05) is 0 Å². The van der Waals surface area contributed by atoms with Crippen LogP contribution in [0.15, 0.2) is 0 Å². The fourth-order valence-corrected chi connectivity index (χ4v) is 0. The minimum atomic E-state index is 0. The molecule has 0 bridgehead atoms. The van der Waals surface area contributed by atoms with Crippen molar-refractivity contribution < 1.29 is 94.0 Å². The van der Waals surface area contributed by atoms with E-state index < -0.39 is 0 Å². The molecule has 0 heterocycles. The van der Waals surface area contributed by atoms with E-state index >= 15 is 0 Å². The van der Waals surface area contributed by atoms with Crippen LogP contribution < -0.4 is 0 Å². The first-order valence-corrected chi connectivity index (χ1v) is 0. The Labute approximate surface area is 274 Å². The molecule has 0 aliphatic rings. The second-order valence-corrected chi connectivity index (χ2v) is 0. The van der Waals surface area contributed by atoms with E-state index in [9.17, 15) is 0 Å². The fraction of sp³-hybridized carbons (Fsp3) is 0. The van der Waals surface area contributed by atoms with E-state index in [-0.39, 0.29) is 283 Å². The molecule has 15 heavy (non-hydrogen) atoms. The maximum atomic E-state index is 0. The zero-order chi connectivity index (χ0) is 0. The van der Waals surface area contributed by atoms with Gasteiger partial charge >= 0.3 is 233 Å². The molecule has 0 aromatic heterocycles. The van der Waals surface area contributed by atoms with Crippen LogP contribution in [-0.2, 0) is 94.0 Å². The quantitative estimate of drug-likeness (QED) is 0.230. The smallest absolute Gasteiger partial charge is 2.00 e. The molecule has 0 aromatic carbocycles. The average molecular weight is 780 g/mol. The predicted molar refractivity (Wildman–Crippen MR) is 29.2 cm³/mol. The number of hydrogen-bond donors (Lipinski definition) is 0. The maximum Gasteiger partial charge on any atom is 5.00 e. The van der Waals surface area contributed by atoms with Crippen LogP contribution in [0, 0.1) is 0 Å². The molecule has 0 spiro atoms. The van der Waals surface area contributed by atoms with Crippen molar-refractivity contribution >= 4 is 189 Å². The van der Waals surface area contributed by atoms with Gasteiger partial charge in [0.1, 0.15) is 0 Å². The molecule has 72 valence electrons. The molecule has 0 unspecified atom stereocenters. The van der Waals surface area contributed by atoms with Gasteiger partial charge in [0.25, 0.3) is 0 Å². The van der Waals surface area contributed by atoms with Gasteiger partial charge in [-0.15, -0.1) is 0 Å². The summed E-state index contributed by atoms with van der Waals surface area (Å²) < 4.78 is 0. The molecule has 0 radical (unpaired) electrons. The first-order chi connectivity index (χ1) is 0. The molecule has 0 atom stereocenters. The van der Waals surface area contributed by atoms with E-state index in [2.05, 4.69) is 0 Å². The van der Waals surface area contributed by atoms with E-state index in [4.69, 9.17) is 0 Å². The Morgan fingerprint density at radius 1 is 0.267 bits per heavy atom. The summed E-state index contributed by atoms with van der Waals surface area (Å²) in [6.45, 7) is 0. The third kappa shape index (κ3) is 150. The molecule has 0 aliphatic heterocycles. The summed E-state index contributed by atoms with van der Waals surface area (Å²) >= 11 is 0. The van der Waals surface area contributed by atoms with Gasteiger partial charge in [-0.3, -0.25) is 0 Å². The zero-order valence-corrected chi connectivity index (χ0v) is 27.6. The summed E-state index contributed by atoms with van der Waals surface area (Å²) in [4.78, 5) is 0. The second kappa shape index (κ2) is 166. The first kappa shape index (κ1) is 192. The van der Waals surface area contributed by atoms with Crippen molar-refractivity contribution in [2.45, 2.75) is 0 Å². The molecular weight excluding hydrogens is 780 g/mol. The third-order valence-electron chi connectivity index (χ3n) is 0. The Hall–Kier alpha value is 7.22. The van der Waals surface area contributed by atoms with Crippen LogP contribution in [0.25, 0.3) is 0 Å². The van der Waals surface area contributed by atoms with Gasteiger partial charge in [0.2, 0.25) is 0 Å². The Bertz CT molecular complexity index is 24.1. The second-order valence-electron chi connectivity index (χ2n) is 0. The Morgan fingerprint density at radius 2 is 0.267 bits per heavy atom. The fourth-order valence-electron chi connectivity index (χ4n) is 0. The molecule has 15 heteroatoms. The Balaban J connectivity index is 0. The Kier molecular flexibility index (Phi) is 2130. The summed E-state index contributed by atoms with van der Waals surface area (Å²) in [6, 6.07) is 0. The van der Waals surface area contributed by atoms with Gasteiger partial charge in [0.05, 0.1) is 0 Å². The third-order valence-corrected chi connectivity index (χ3v) is 0. The molecule has 0 rings (SSSR count). The van der Waals surface area contributed by atoms with Gasteiger partial charge in [-0.2, -0.15) is 0 Å². The van der Waals surface area contributed by atoms with Crippen molar-refractivity contribution in [2.75, 3.05) is 0 Å². The van der Waals surface area contributed by atoms with Crippen molar-refractivity contribution in [3.05, 3.63) is 0 Å². The maximum absolute atomic E-state index is 0. The summed E-state index contributed by atoms with van der Waals surface area (Å²) in [5, 5.41) is 0. The van der Waals surface area contributed by atoms with Gasteiger partial charge in [0, 0.05) is 0 Å². The van der Waals surface area contributed by atoms with Crippen molar-refractivity contribution in [3.8, 4) is 0 Å². The SMILES string of the molecule is [Ba+2].[Ba+2].[Nb+5].[Nb+5].[O-2].[O-2].[O-2].[O-2].[O-2].[O-2].[O-2].[O-2].[O-2].[Sr+2].[Sr+2]. The van der Waals surface area contributed by atoms with Gasteiger partial charge in [-0.05, 0) is 0 Å². The van der Waals surface area contributed by atoms with Crippen LogP contribution in [0.3, 0.4) is 0 Å². The first-order valence-electron chi connectivity index (χ1n) is 0. The molecule has 0 saturated carbocycles. The van der Waals surface area contributed by atoms with Crippen LogP contribution in [0.4, 0.5) is 0 Å². The van der Waals surface area contributed by atoms with Crippen molar-refractivity contribution in [1.82, 2.24) is 0 Å². The molecular formula is Ba2Nb2O9Sr2. The van der Waals surface area contributed by atoms with E-state index in [1.54, 1.807) is 0 Å². The van der Waals surface area contributed by atoms with Crippen molar-refractivity contribution in [3.63, 3.8) is 0 Å². The topological polar surface area (TPSA) is 256 Å². The summed E-state index contributed by atoms with van der Waals surface area (Å²) in [5.74, 6) is 0. The molecule has 0 aromatic rings. The van der Waals surface area contributed by atoms with E-state index in [0.29, 0.717) is 0 Å². The van der Waals surface area contributed by atoms with Gasteiger partial charge in [-0.1, -0.05) is 0 Å². The molecule has 0 amide bonds. The largest absolute Gasteiger partial charge is 5.00 e. The van der Waals surface area contributed by atoms with E-state index in [1.165, 1.54) is 0 Å². The van der Waals surface area contributed by atoms with Gasteiger partial charge in [0.15, 0.2) is 0 Å². The van der Waals surface area contributed by atoms with Gasteiger partial charge in [-0.25, -0.2) is 0 Å². The van der Waals surface area contributed by atoms with Crippen LogP contribution in [0.2, 0.25) is 0 Å². The molecule has 9 nitrogen and oxygen atoms in total. The van der Waals surface area contributed by atoms with Crippen molar-refractivity contribution in [1.29, 1.82) is 0 Å². The van der Waals surface area contributed by atoms with Crippen LogP contribution in [0.5, 0.6) is 0 Å². The monoisotopic (exact) mass is 781 g/mol. The summed E-state index contributed by atoms with van der Waals surface area (Å²) in [5.41, 5.74) is 0. The van der Waals surface area contributed by atoms with E-state index in [0.717, 1.165) is 0 Å². The molecule has 0 N–H and O–H groups in total. The molecule has 0 fully saturated rings. The van der Waals surface area contributed by atoms with Crippen LogP contribution >= 0.6 is 0 Å². The zero-order valence-electron chi connectivity index (χ0n) is 7.40. The van der Waals surface area contributed by atoms with Gasteiger partial charge < -0.3 is 49.3 Å². The normalized spacial score (nSPS) is 0. The standard InChI is InChI=1S/2Ba.2Nb.9O.2Sr/q2*+2;2*+5;9*-2;2*+2. The van der Waals surface area contributed by atoms with Crippen LogP contribution in [0.1, 0.15) is 0 Å². The average Bonchev–Trinajstić information content (AvgIpc) is 0. The predicted octanol–water partition coefficient (Wildman–Crippen LogP) is -2.60. The molecule has 0 saturated heterocycles. The summed E-state index contributed by atoms with van der Waals surface area (Å²) in [6.07, 6.45) is 0. The Morgan fingerprint density at radius 3 is 0.267 bits per heavy atom. The number of hydrogen-bond acceptors (Lipinski definition) is 0. The van der Waals surface area contributed by atoms with Crippen molar-refractivity contribution in [2.24, 2.45) is 0 Å². The minimum Gasteiger partial charge on any atom is -2.00 e. The summed E-state index contributed by atoms with van der Waals surface area (Å²) in [7, 11) is 0. The number of rotatable bonds is 0.